The molecule has 0 radical (unpaired) electrons. The molecule has 0 spiro atoms. The Labute approximate surface area is 119 Å². The molecule has 2 rings (SSSR count). The lowest BCUT2D eigenvalue weighted by Gasteiger charge is -2.19. The zero-order chi connectivity index (χ0) is 14.2. The summed E-state index contributed by atoms with van der Waals surface area (Å²) < 4.78 is 0. The Morgan fingerprint density at radius 3 is 2.11 bits per heavy atom. The Hall–Kier alpha value is -1.31. The summed E-state index contributed by atoms with van der Waals surface area (Å²) in [6.45, 7) is 8.08. The molecule has 0 fully saturated rings. The molecule has 1 unspecified atom stereocenters. The van der Waals surface area contributed by atoms with Crippen LogP contribution >= 0.6 is 11.6 Å². The summed E-state index contributed by atoms with van der Waals surface area (Å²) in [4.78, 5) is 0. The van der Waals surface area contributed by atoms with Gasteiger partial charge in [0.2, 0.25) is 0 Å². The van der Waals surface area contributed by atoms with E-state index in [2.05, 4.69) is 19.1 Å². The monoisotopic (exact) mass is 274 g/mol. The highest BCUT2D eigenvalue weighted by Crippen LogP contribution is 2.33. The van der Waals surface area contributed by atoms with Gasteiger partial charge >= 0.3 is 0 Å². The van der Waals surface area contributed by atoms with Crippen LogP contribution in [0, 0.1) is 27.7 Å². The van der Waals surface area contributed by atoms with Crippen LogP contribution < -0.4 is 0 Å². The van der Waals surface area contributed by atoms with E-state index in [1.807, 2.05) is 39.0 Å². The van der Waals surface area contributed by atoms with Gasteiger partial charge in [0, 0.05) is 10.6 Å². The maximum atomic E-state index is 10.7. The smallest absolute Gasteiger partial charge is 0.106 e. The topological polar surface area (TPSA) is 20.2 Å². The van der Waals surface area contributed by atoms with Crippen molar-refractivity contribution in [1.29, 1.82) is 0 Å². The number of hydrogen-bond acceptors (Lipinski definition) is 1. The van der Waals surface area contributed by atoms with Crippen LogP contribution in [0.3, 0.4) is 0 Å². The van der Waals surface area contributed by atoms with E-state index >= 15 is 0 Å². The van der Waals surface area contributed by atoms with Crippen LogP contribution in [0.4, 0.5) is 0 Å². The van der Waals surface area contributed by atoms with Gasteiger partial charge in [0.25, 0.3) is 0 Å². The third-order valence-electron chi connectivity index (χ3n) is 3.53. The molecule has 2 aromatic carbocycles. The second-order valence-corrected chi connectivity index (χ2v) is 5.57. The van der Waals surface area contributed by atoms with E-state index in [-0.39, 0.29) is 0 Å². The maximum Gasteiger partial charge on any atom is 0.106 e. The first-order valence-corrected chi connectivity index (χ1v) is 6.80. The van der Waals surface area contributed by atoms with Crippen LogP contribution in [0.15, 0.2) is 30.3 Å². The first-order chi connectivity index (χ1) is 8.91. The molecule has 0 saturated carbocycles. The lowest BCUT2D eigenvalue weighted by atomic mass is 9.91. The van der Waals surface area contributed by atoms with Crippen LogP contribution in [-0.2, 0) is 0 Å². The van der Waals surface area contributed by atoms with E-state index in [0.717, 1.165) is 27.8 Å². The molecule has 1 N–H and O–H groups in total. The summed E-state index contributed by atoms with van der Waals surface area (Å²) in [5.74, 6) is 0. The fourth-order valence-electron chi connectivity index (χ4n) is 2.66. The highest BCUT2D eigenvalue weighted by molar-refractivity contribution is 6.32. The summed E-state index contributed by atoms with van der Waals surface area (Å²) in [5.41, 5.74) is 6.13. The predicted octanol–water partition coefficient (Wildman–Crippen LogP) is 4.66. The number of aliphatic hydroxyl groups excluding tert-OH is 1. The summed E-state index contributed by atoms with van der Waals surface area (Å²) in [5, 5.41) is 11.3. The van der Waals surface area contributed by atoms with Crippen LogP contribution in [0.5, 0.6) is 0 Å². The predicted molar refractivity (Wildman–Crippen MR) is 80.9 cm³/mol. The zero-order valence-electron chi connectivity index (χ0n) is 11.8. The Morgan fingerprint density at radius 2 is 1.53 bits per heavy atom. The minimum Gasteiger partial charge on any atom is -0.384 e. The van der Waals surface area contributed by atoms with Gasteiger partial charge in [0.05, 0.1) is 0 Å². The lowest BCUT2D eigenvalue weighted by molar-refractivity contribution is 0.219. The second-order valence-electron chi connectivity index (χ2n) is 5.19. The standard InChI is InChI=1S/C17H19ClO/c1-10-8-12(3)15(13(4)9-10)17(19)14-7-5-6-11(2)16(14)18/h5-9,17,19H,1-4H3. The van der Waals surface area contributed by atoms with Gasteiger partial charge in [-0.2, -0.15) is 0 Å². The van der Waals surface area contributed by atoms with Crippen LogP contribution in [-0.4, -0.2) is 5.11 Å². The summed E-state index contributed by atoms with van der Waals surface area (Å²) in [7, 11) is 0. The average molecular weight is 275 g/mol. The number of rotatable bonds is 2. The number of benzene rings is 2. The lowest BCUT2D eigenvalue weighted by Crippen LogP contribution is -2.06. The van der Waals surface area contributed by atoms with Gasteiger partial charge in [0.1, 0.15) is 6.10 Å². The van der Waals surface area contributed by atoms with E-state index in [4.69, 9.17) is 11.6 Å². The largest absolute Gasteiger partial charge is 0.384 e. The van der Waals surface area contributed by atoms with Crippen molar-refractivity contribution in [1.82, 2.24) is 0 Å². The molecule has 0 amide bonds. The Morgan fingerprint density at radius 1 is 0.947 bits per heavy atom. The Balaban J connectivity index is 2.56. The van der Waals surface area contributed by atoms with Crippen molar-refractivity contribution in [2.24, 2.45) is 0 Å². The van der Waals surface area contributed by atoms with Crippen LogP contribution in [0.25, 0.3) is 0 Å². The first kappa shape index (κ1) is 14.1. The molecule has 1 nitrogen and oxygen atoms in total. The fraction of sp³-hybridized carbons (Fsp3) is 0.294. The molecule has 0 aliphatic rings. The van der Waals surface area contributed by atoms with E-state index < -0.39 is 6.10 Å². The SMILES string of the molecule is Cc1cc(C)c(C(O)c2cccc(C)c2Cl)c(C)c1. The van der Waals surface area contributed by atoms with E-state index in [1.54, 1.807) is 0 Å². The summed E-state index contributed by atoms with van der Waals surface area (Å²) in [6, 6.07) is 9.95. The van der Waals surface area contributed by atoms with Gasteiger partial charge in [-0.1, -0.05) is 47.5 Å². The highest BCUT2D eigenvalue weighted by Gasteiger charge is 2.18. The molecule has 2 aromatic rings. The molecule has 0 aliphatic heterocycles. The average Bonchev–Trinajstić information content (AvgIpc) is 2.31. The summed E-state index contributed by atoms with van der Waals surface area (Å²) in [6.07, 6.45) is -0.673. The van der Waals surface area contributed by atoms with Crippen LogP contribution in [0.2, 0.25) is 5.02 Å². The second kappa shape index (κ2) is 5.36. The number of hydrogen-bond donors (Lipinski definition) is 1. The minimum absolute atomic E-state index is 0.648. The number of aryl methyl sites for hydroxylation is 4. The van der Waals surface area contributed by atoms with E-state index in [0.29, 0.717) is 5.02 Å². The minimum atomic E-state index is -0.673. The van der Waals surface area contributed by atoms with Crippen molar-refractivity contribution < 1.29 is 5.11 Å². The van der Waals surface area contributed by atoms with Crippen molar-refractivity contribution in [3.05, 3.63) is 68.7 Å². The van der Waals surface area contributed by atoms with Crippen molar-refractivity contribution in [2.75, 3.05) is 0 Å². The molecule has 19 heavy (non-hydrogen) atoms. The highest BCUT2D eigenvalue weighted by atomic mass is 35.5. The third kappa shape index (κ3) is 2.68. The molecule has 2 heteroatoms. The molecular weight excluding hydrogens is 256 g/mol. The molecule has 0 saturated heterocycles. The summed E-state index contributed by atoms with van der Waals surface area (Å²) >= 11 is 6.31. The fourth-order valence-corrected chi connectivity index (χ4v) is 2.89. The van der Waals surface area contributed by atoms with Crippen molar-refractivity contribution >= 4 is 11.6 Å². The van der Waals surface area contributed by atoms with E-state index in [9.17, 15) is 5.11 Å². The first-order valence-electron chi connectivity index (χ1n) is 6.42. The Kier molecular flexibility index (Phi) is 3.98. The van der Waals surface area contributed by atoms with Gasteiger partial charge in [-0.15, -0.1) is 0 Å². The molecule has 1 atom stereocenters. The zero-order valence-corrected chi connectivity index (χ0v) is 12.5. The van der Waals surface area contributed by atoms with Gasteiger partial charge < -0.3 is 5.11 Å². The van der Waals surface area contributed by atoms with Crippen molar-refractivity contribution in [2.45, 2.75) is 33.8 Å². The van der Waals surface area contributed by atoms with Crippen molar-refractivity contribution in [3.8, 4) is 0 Å². The molecular formula is C17H19ClO. The van der Waals surface area contributed by atoms with Crippen LogP contribution in [0.1, 0.15) is 39.5 Å². The molecule has 100 valence electrons. The maximum absolute atomic E-state index is 10.7. The van der Waals surface area contributed by atoms with Gasteiger partial charge in [-0.05, 0) is 49.9 Å². The number of aliphatic hydroxyl groups is 1. The van der Waals surface area contributed by atoms with Gasteiger partial charge in [0.15, 0.2) is 0 Å². The molecule has 0 aliphatic carbocycles. The van der Waals surface area contributed by atoms with Gasteiger partial charge in [-0.3, -0.25) is 0 Å². The molecule has 0 bridgehead atoms. The van der Waals surface area contributed by atoms with Gasteiger partial charge in [-0.25, -0.2) is 0 Å². The van der Waals surface area contributed by atoms with E-state index in [1.165, 1.54) is 5.56 Å². The van der Waals surface area contributed by atoms with Crippen molar-refractivity contribution in [3.63, 3.8) is 0 Å². The quantitative estimate of drug-likeness (QED) is 0.845. The normalized spacial score (nSPS) is 12.5. The number of halogens is 1. The Bertz CT molecular complexity index is 594. The molecule has 0 heterocycles. The molecule has 0 aromatic heterocycles. The third-order valence-corrected chi connectivity index (χ3v) is 4.04.